The lowest BCUT2D eigenvalue weighted by Gasteiger charge is -2.04. The molecule has 118 valence electrons. The first-order valence-electron chi connectivity index (χ1n) is 7.53. The van der Waals surface area contributed by atoms with E-state index in [1.807, 2.05) is 46.5 Å². The lowest BCUT2D eigenvalue weighted by Crippen LogP contribution is -2.26. The molecule has 0 atom stereocenters. The molecule has 0 fully saturated rings. The van der Waals surface area contributed by atoms with Gasteiger partial charge >= 0.3 is 0 Å². The van der Waals surface area contributed by atoms with Crippen LogP contribution in [0.25, 0.3) is 10.6 Å². The van der Waals surface area contributed by atoms with Crippen molar-refractivity contribution in [2.24, 2.45) is 0 Å². The van der Waals surface area contributed by atoms with E-state index in [1.165, 1.54) is 0 Å². The number of hydrogen-bond acceptors (Lipinski definition) is 4. The van der Waals surface area contributed by atoms with Crippen LogP contribution in [0.2, 0.25) is 0 Å². The van der Waals surface area contributed by atoms with Crippen LogP contribution in [-0.2, 0) is 17.8 Å². The van der Waals surface area contributed by atoms with Crippen molar-refractivity contribution in [2.45, 2.75) is 19.4 Å². The van der Waals surface area contributed by atoms with Gasteiger partial charge in [-0.25, -0.2) is 9.97 Å². The quantitative estimate of drug-likeness (QED) is 0.679. The second kappa shape index (κ2) is 7.69. The zero-order chi connectivity index (χ0) is 15.9. The Balaban J connectivity index is 1.44. The number of nitrogens with zero attached hydrogens (tertiary/aromatic N) is 3. The molecule has 0 saturated heterocycles. The fraction of sp³-hybridized carbons (Fsp3) is 0.235. The third-order valence-corrected chi connectivity index (χ3v) is 4.33. The van der Waals surface area contributed by atoms with Crippen molar-refractivity contribution in [3.05, 3.63) is 60.1 Å². The van der Waals surface area contributed by atoms with E-state index in [0.717, 1.165) is 29.2 Å². The van der Waals surface area contributed by atoms with Crippen LogP contribution in [0, 0.1) is 0 Å². The van der Waals surface area contributed by atoms with E-state index in [2.05, 4.69) is 15.3 Å². The summed E-state index contributed by atoms with van der Waals surface area (Å²) in [4.78, 5) is 20.5. The van der Waals surface area contributed by atoms with Crippen LogP contribution in [0.4, 0.5) is 0 Å². The Hall–Kier alpha value is -2.47. The van der Waals surface area contributed by atoms with Crippen molar-refractivity contribution in [3.63, 3.8) is 0 Å². The van der Waals surface area contributed by atoms with Crippen LogP contribution < -0.4 is 5.32 Å². The van der Waals surface area contributed by atoms with Gasteiger partial charge in [-0.2, -0.15) is 0 Å². The summed E-state index contributed by atoms with van der Waals surface area (Å²) in [5, 5.41) is 5.84. The van der Waals surface area contributed by atoms with E-state index in [4.69, 9.17) is 0 Å². The summed E-state index contributed by atoms with van der Waals surface area (Å²) in [5.41, 5.74) is 1.91. The average Bonchev–Trinajstić information content (AvgIpc) is 3.24. The Morgan fingerprint density at radius 2 is 2.13 bits per heavy atom. The smallest absolute Gasteiger partial charge is 0.226 e. The molecule has 0 aliphatic carbocycles. The van der Waals surface area contributed by atoms with Crippen molar-refractivity contribution < 1.29 is 4.79 Å². The summed E-state index contributed by atoms with van der Waals surface area (Å²) in [7, 11) is 0. The molecule has 0 spiro atoms. The molecular formula is C17H18N4OS. The first-order chi connectivity index (χ1) is 11.3. The van der Waals surface area contributed by atoms with E-state index >= 15 is 0 Å². The molecule has 1 amide bonds. The zero-order valence-corrected chi connectivity index (χ0v) is 13.5. The summed E-state index contributed by atoms with van der Waals surface area (Å²) in [6.07, 6.45) is 6.67. The minimum atomic E-state index is 0.0144. The molecule has 2 heterocycles. The molecule has 0 bridgehead atoms. The van der Waals surface area contributed by atoms with Gasteiger partial charge in [-0.1, -0.05) is 30.3 Å². The Labute approximate surface area is 139 Å². The van der Waals surface area contributed by atoms with Crippen molar-refractivity contribution >= 4 is 17.2 Å². The first-order valence-corrected chi connectivity index (χ1v) is 8.41. The molecule has 2 aromatic heterocycles. The Kier molecular flexibility index (Phi) is 5.16. The number of aryl methyl sites for hydroxylation is 1. The van der Waals surface area contributed by atoms with Gasteiger partial charge in [0.05, 0.1) is 18.4 Å². The molecule has 5 nitrogen and oxygen atoms in total. The highest BCUT2D eigenvalue weighted by atomic mass is 32.1. The third kappa shape index (κ3) is 4.50. The SMILES string of the molecule is O=C(Cc1csc(-c2ccccc2)n1)NCCCn1ccnc1. The minimum absolute atomic E-state index is 0.0144. The minimum Gasteiger partial charge on any atom is -0.356 e. The van der Waals surface area contributed by atoms with E-state index < -0.39 is 0 Å². The molecule has 23 heavy (non-hydrogen) atoms. The Morgan fingerprint density at radius 1 is 1.26 bits per heavy atom. The molecule has 1 aromatic carbocycles. The molecule has 3 aromatic rings. The van der Waals surface area contributed by atoms with E-state index in [0.29, 0.717) is 13.0 Å². The van der Waals surface area contributed by atoms with Crippen molar-refractivity contribution in [3.8, 4) is 10.6 Å². The lowest BCUT2D eigenvalue weighted by molar-refractivity contribution is -0.120. The van der Waals surface area contributed by atoms with Crippen LogP contribution in [0.3, 0.4) is 0 Å². The maximum atomic E-state index is 12.0. The number of carbonyl (C=O) groups excluding carboxylic acids is 1. The molecule has 0 unspecified atom stereocenters. The zero-order valence-electron chi connectivity index (χ0n) is 12.7. The van der Waals surface area contributed by atoms with E-state index in [1.54, 1.807) is 23.9 Å². The maximum Gasteiger partial charge on any atom is 0.226 e. The van der Waals surface area contributed by atoms with Gasteiger partial charge < -0.3 is 9.88 Å². The predicted molar refractivity (Wildman–Crippen MR) is 91.1 cm³/mol. The van der Waals surface area contributed by atoms with Crippen LogP contribution in [0.15, 0.2) is 54.4 Å². The first kappa shape index (κ1) is 15.4. The Morgan fingerprint density at radius 3 is 2.91 bits per heavy atom. The lowest BCUT2D eigenvalue weighted by atomic mass is 10.2. The number of nitrogens with one attached hydrogen (secondary N) is 1. The van der Waals surface area contributed by atoms with Crippen LogP contribution in [0.1, 0.15) is 12.1 Å². The molecule has 0 aliphatic heterocycles. The number of benzene rings is 1. The summed E-state index contributed by atoms with van der Waals surface area (Å²) in [5.74, 6) is 0.0144. The summed E-state index contributed by atoms with van der Waals surface area (Å²) in [6, 6.07) is 10.0. The van der Waals surface area contributed by atoms with Gasteiger partial charge in [-0.3, -0.25) is 4.79 Å². The number of thiazole rings is 1. The summed E-state index contributed by atoms with van der Waals surface area (Å²) < 4.78 is 2.00. The number of carbonyl (C=O) groups is 1. The maximum absolute atomic E-state index is 12.0. The fourth-order valence-corrected chi connectivity index (χ4v) is 3.06. The van der Waals surface area contributed by atoms with Gasteiger partial charge in [0, 0.05) is 36.4 Å². The Bertz CT molecular complexity index is 737. The highest BCUT2D eigenvalue weighted by Crippen LogP contribution is 2.23. The second-order valence-electron chi connectivity index (χ2n) is 5.19. The average molecular weight is 326 g/mol. The third-order valence-electron chi connectivity index (χ3n) is 3.39. The van der Waals surface area contributed by atoms with Crippen molar-refractivity contribution in [1.82, 2.24) is 19.9 Å². The highest BCUT2D eigenvalue weighted by Gasteiger charge is 2.08. The number of hydrogen-bond donors (Lipinski definition) is 1. The molecule has 0 aliphatic rings. The van der Waals surface area contributed by atoms with Gasteiger partial charge in [0.15, 0.2) is 0 Å². The molecule has 0 radical (unpaired) electrons. The van der Waals surface area contributed by atoms with Crippen LogP contribution in [0.5, 0.6) is 0 Å². The molecule has 6 heteroatoms. The monoisotopic (exact) mass is 326 g/mol. The van der Waals surface area contributed by atoms with E-state index in [9.17, 15) is 4.79 Å². The number of aromatic nitrogens is 3. The molecule has 3 rings (SSSR count). The van der Waals surface area contributed by atoms with Gasteiger partial charge in [0.25, 0.3) is 0 Å². The standard InChI is InChI=1S/C17H18N4OS/c22-16(19-7-4-9-21-10-8-18-13-21)11-15-12-23-17(20-15)14-5-2-1-3-6-14/h1-3,5-6,8,10,12-13H,4,7,9,11H2,(H,19,22). The normalized spacial score (nSPS) is 10.6. The van der Waals surface area contributed by atoms with E-state index in [-0.39, 0.29) is 5.91 Å². The van der Waals surface area contributed by atoms with Gasteiger partial charge in [-0.05, 0) is 6.42 Å². The second-order valence-corrected chi connectivity index (χ2v) is 6.05. The largest absolute Gasteiger partial charge is 0.356 e. The predicted octanol–water partition coefficient (Wildman–Crippen LogP) is 2.76. The number of rotatable bonds is 7. The van der Waals surface area contributed by atoms with Crippen LogP contribution >= 0.6 is 11.3 Å². The number of imidazole rings is 1. The summed E-state index contributed by atoms with van der Waals surface area (Å²) in [6.45, 7) is 1.52. The number of amides is 1. The molecule has 0 saturated carbocycles. The topological polar surface area (TPSA) is 59.8 Å². The van der Waals surface area contributed by atoms with Crippen LogP contribution in [-0.4, -0.2) is 27.0 Å². The fourth-order valence-electron chi connectivity index (χ4n) is 2.24. The highest BCUT2D eigenvalue weighted by molar-refractivity contribution is 7.13. The van der Waals surface area contributed by atoms with Crippen molar-refractivity contribution in [1.29, 1.82) is 0 Å². The van der Waals surface area contributed by atoms with Gasteiger partial charge in [0.2, 0.25) is 5.91 Å². The van der Waals surface area contributed by atoms with Crippen molar-refractivity contribution in [2.75, 3.05) is 6.54 Å². The molecule has 1 N–H and O–H groups in total. The van der Waals surface area contributed by atoms with Gasteiger partial charge in [-0.15, -0.1) is 11.3 Å². The van der Waals surface area contributed by atoms with Gasteiger partial charge in [0.1, 0.15) is 5.01 Å². The molecular weight excluding hydrogens is 308 g/mol. The summed E-state index contributed by atoms with van der Waals surface area (Å²) >= 11 is 1.57.